The largest absolute Gasteiger partial charge is 0.341 e. The van der Waals surface area contributed by atoms with E-state index in [1.807, 2.05) is 12.4 Å². The van der Waals surface area contributed by atoms with E-state index in [1.165, 1.54) is 84.7 Å². The fraction of sp³-hybridized carbons (Fsp3) is 0.385. The SMILES string of the molecule is c1cc(-c2ccc(-c3ccc(-c4cnc(C5CCCN5)[nH]4)cc3)c3c2CC2(CCCC2)C3)ccc1-c1cnc(C2CCCN2)[nH]1. The highest BCUT2D eigenvalue weighted by Crippen LogP contribution is 2.53. The molecule has 3 aromatic carbocycles. The first-order chi connectivity index (χ1) is 22.2. The van der Waals surface area contributed by atoms with Crippen molar-refractivity contribution in [3.8, 4) is 44.8 Å². The summed E-state index contributed by atoms with van der Waals surface area (Å²) in [7, 11) is 0. The Morgan fingerprint density at radius 3 is 1.40 bits per heavy atom. The summed E-state index contributed by atoms with van der Waals surface area (Å²) >= 11 is 0. The van der Waals surface area contributed by atoms with Gasteiger partial charge in [-0.15, -0.1) is 0 Å². The van der Waals surface area contributed by atoms with Crippen molar-refractivity contribution in [2.45, 2.75) is 76.3 Å². The maximum atomic E-state index is 4.70. The molecule has 228 valence electrons. The van der Waals surface area contributed by atoms with Gasteiger partial charge in [0.25, 0.3) is 0 Å². The Labute approximate surface area is 265 Å². The lowest BCUT2D eigenvalue weighted by Crippen LogP contribution is -2.15. The molecule has 4 N–H and O–H groups in total. The average Bonchev–Trinajstić information content (AvgIpc) is 3.93. The standard InChI is InChI=1S/C39H42N6/c1-2-18-39(17-1)21-31-29(25-7-11-27(12-8-25)35-23-42-37(44-35)33-5-3-19-40-33)15-16-30(32(31)22-39)26-9-13-28(14-10-26)36-24-43-38(45-36)34-6-4-20-41-34/h7-16,23-24,33-34,40-41H,1-6,17-22H2,(H,42,44)(H,43,45). The van der Waals surface area contributed by atoms with E-state index in [4.69, 9.17) is 9.97 Å². The maximum Gasteiger partial charge on any atom is 0.123 e. The van der Waals surface area contributed by atoms with Gasteiger partial charge in [0.15, 0.2) is 0 Å². The molecular weight excluding hydrogens is 552 g/mol. The van der Waals surface area contributed by atoms with Gasteiger partial charge in [-0.25, -0.2) is 9.97 Å². The van der Waals surface area contributed by atoms with Crippen LogP contribution in [0.15, 0.2) is 73.1 Å². The molecule has 3 fully saturated rings. The molecule has 2 saturated heterocycles. The molecule has 5 aromatic rings. The lowest BCUT2D eigenvalue weighted by atomic mass is 9.82. The van der Waals surface area contributed by atoms with Crippen molar-refractivity contribution >= 4 is 0 Å². The zero-order valence-electron chi connectivity index (χ0n) is 26.0. The molecule has 1 spiro atoms. The number of aromatic nitrogens is 4. The summed E-state index contributed by atoms with van der Waals surface area (Å²) in [5.41, 5.74) is 13.6. The third kappa shape index (κ3) is 4.95. The van der Waals surface area contributed by atoms with E-state index in [0.717, 1.165) is 49.0 Å². The van der Waals surface area contributed by atoms with Crippen molar-refractivity contribution in [1.29, 1.82) is 0 Å². The Bertz CT molecular complexity index is 1680. The second-order valence-corrected chi connectivity index (χ2v) is 14.0. The van der Waals surface area contributed by atoms with Crippen LogP contribution in [-0.2, 0) is 12.8 Å². The maximum absolute atomic E-state index is 4.70. The number of hydrogen-bond donors (Lipinski definition) is 4. The van der Waals surface area contributed by atoms with Crippen molar-refractivity contribution < 1.29 is 0 Å². The zero-order chi connectivity index (χ0) is 29.8. The number of aromatic amines is 2. The van der Waals surface area contributed by atoms with Crippen LogP contribution in [-0.4, -0.2) is 33.0 Å². The zero-order valence-corrected chi connectivity index (χ0v) is 26.0. The first kappa shape index (κ1) is 27.3. The van der Waals surface area contributed by atoms with Gasteiger partial charge in [0.05, 0.1) is 35.9 Å². The Balaban J connectivity index is 1.02. The van der Waals surface area contributed by atoms with Crippen LogP contribution >= 0.6 is 0 Å². The summed E-state index contributed by atoms with van der Waals surface area (Å²) in [6.07, 6.45) is 16.6. The summed E-state index contributed by atoms with van der Waals surface area (Å²) in [6.45, 7) is 2.16. The smallest absolute Gasteiger partial charge is 0.123 e. The molecule has 6 nitrogen and oxygen atoms in total. The van der Waals surface area contributed by atoms with Crippen molar-refractivity contribution in [1.82, 2.24) is 30.6 Å². The van der Waals surface area contributed by atoms with Crippen LogP contribution in [0.1, 0.15) is 86.2 Å². The molecule has 2 aliphatic carbocycles. The predicted molar refractivity (Wildman–Crippen MR) is 181 cm³/mol. The Hall–Kier alpha value is -4.00. The molecule has 0 bridgehead atoms. The third-order valence-electron chi connectivity index (χ3n) is 11.2. The van der Waals surface area contributed by atoms with Gasteiger partial charge in [-0.3, -0.25) is 0 Å². The summed E-state index contributed by atoms with van der Waals surface area (Å²) in [4.78, 5) is 16.5. The molecule has 2 aromatic heterocycles. The Morgan fingerprint density at radius 1 is 0.533 bits per heavy atom. The number of benzene rings is 3. The third-order valence-corrected chi connectivity index (χ3v) is 11.2. The lowest BCUT2D eigenvalue weighted by molar-refractivity contribution is 0.318. The van der Waals surface area contributed by atoms with E-state index in [9.17, 15) is 0 Å². The monoisotopic (exact) mass is 594 g/mol. The first-order valence-electron chi connectivity index (χ1n) is 17.1. The Kier molecular flexibility index (Phi) is 6.75. The van der Waals surface area contributed by atoms with Crippen LogP contribution in [0.5, 0.6) is 0 Å². The van der Waals surface area contributed by atoms with E-state index in [-0.39, 0.29) is 0 Å². The summed E-state index contributed by atoms with van der Waals surface area (Å²) in [6, 6.07) is 23.8. The van der Waals surface area contributed by atoms with Gasteiger partial charge >= 0.3 is 0 Å². The van der Waals surface area contributed by atoms with Crippen LogP contribution in [0.3, 0.4) is 0 Å². The van der Waals surface area contributed by atoms with E-state index in [1.54, 1.807) is 11.1 Å². The molecule has 1 saturated carbocycles. The number of fused-ring (bicyclic) bond motifs is 1. The number of hydrogen-bond acceptors (Lipinski definition) is 4. The lowest BCUT2D eigenvalue weighted by Gasteiger charge is -2.22. The number of H-pyrrole nitrogens is 2. The highest BCUT2D eigenvalue weighted by Gasteiger charge is 2.41. The van der Waals surface area contributed by atoms with Crippen molar-refractivity contribution in [2.24, 2.45) is 5.41 Å². The van der Waals surface area contributed by atoms with Gasteiger partial charge in [-0.2, -0.15) is 0 Å². The van der Waals surface area contributed by atoms with Crippen molar-refractivity contribution in [2.75, 3.05) is 13.1 Å². The number of imidazole rings is 2. The number of rotatable bonds is 6. The summed E-state index contributed by atoms with van der Waals surface area (Å²) < 4.78 is 0. The molecule has 45 heavy (non-hydrogen) atoms. The molecule has 4 heterocycles. The first-order valence-corrected chi connectivity index (χ1v) is 17.1. The topological polar surface area (TPSA) is 81.4 Å². The molecule has 2 atom stereocenters. The van der Waals surface area contributed by atoms with Gasteiger partial charge < -0.3 is 20.6 Å². The van der Waals surface area contributed by atoms with Crippen molar-refractivity contribution in [3.63, 3.8) is 0 Å². The number of nitrogens with zero attached hydrogens (tertiary/aromatic N) is 2. The second kappa shape index (κ2) is 11.1. The number of nitrogens with one attached hydrogen (secondary N) is 4. The minimum absolute atomic E-state index is 0.357. The van der Waals surface area contributed by atoms with Crippen LogP contribution < -0.4 is 10.6 Å². The highest BCUT2D eigenvalue weighted by molar-refractivity contribution is 5.80. The molecule has 9 rings (SSSR count). The van der Waals surface area contributed by atoms with E-state index < -0.39 is 0 Å². The van der Waals surface area contributed by atoms with Gasteiger partial charge in [-0.05, 0) is 114 Å². The van der Waals surface area contributed by atoms with Gasteiger partial charge in [0.1, 0.15) is 11.6 Å². The normalized spacial score (nSPS) is 22.0. The van der Waals surface area contributed by atoms with Crippen LogP contribution in [0.25, 0.3) is 44.8 Å². The van der Waals surface area contributed by atoms with Gasteiger partial charge in [0.2, 0.25) is 0 Å². The molecule has 4 aliphatic rings. The Morgan fingerprint density at radius 2 is 0.978 bits per heavy atom. The highest BCUT2D eigenvalue weighted by atomic mass is 15.0. The van der Waals surface area contributed by atoms with Crippen molar-refractivity contribution in [3.05, 3.63) is 95.8 Å². The fourth-order valence-electron chi connectivity index (χ4n) is 8.74. The van der Waals surface area contributed by atoms with Gasteiger partial charge in [-0.1, -0.05) is 73.5 Å². The minimum atomic E-state index is 0.357. The van der Waals surface area contributed by atoms with E-state index in [2.05, 4.69) is 81.3 Å². The van der Waals surface area contributed by atoms with Crippen LogP contribution in [0.2, 0.25) is 0 Å². The van der Waals surface area contributed by atoms with Crippen LogP contribution in [0, 0.1) is 5.41 Å². The van der Waals surface area contributed by atoms with Crippen LogP contribution in [0.4, 0.5) is 0 Å². The summed E-state index contributed by atoms with van der Waals surface area (Å²) in [5.74, 6) is 2.12. The summed E-state index contributed by atoms with van der Waals surface area (Å²) in [5, 5.41) is 7.10. The average molecular weight is 595 g/mol. The molecule has 6 heteroatoms. The molecule has 2 aliphatic heterocycles. The minimum Gasteiger partial charge on any atom is -0.341 e. The molecule has 0 radical (unpaired) electrons. The predicted octanol–water partition coefficient (Wildman–Crippen LogP) is 8.31. The second-order valence-electron chi connectivity index (χ2n) is 14.0. The molecule has 2 unspecified atom stereocenters. The quantitative estimate of drug-likeness (QED) is 0.159. The van der Waals surface area contributed by atoms with Gasteiger partial charge in [0, 0.05) is 0 Å². The fourth-order valence-corrected chi connectivity index (χ4v) is 8.74. The molecule has 0 amide bonds. The molecular formula is C39H42N6. The van der Waals surface area contributed by atoms with E-state index in [0.29, 0.717) is 17.5 Å². The van der Waals surface area contributed by atoms with E-state index >= 15 is 0 Å².